The number of anilines is 3. The quantitative estimate of drug-likeness (QED) is 0.536. The molecule has 0 unspecified atom stereocenters. The largest absolute Gasteiger partial charge is 0.474 e. The van der Waals surface area contributed by atoms with Gasteiger partial charge in [-0.3, -0.25) is 0 Å². The van der Waals surface area contributed by atoms with Crippen LogP contribution in [0.5, 0.6) is 5.88 Å². The number of rotatable bonds is 8. The van der Waals surface area contributed by atoms with Gasteiger partial charge in [0.15, 0.2) is 0 Å². The number of halogens is 1. The van der Waals surface area contributed by atoms with Crippen LogP contribution in [0, 0.1) is 12.7 Å². The van der Waals surface area contributed by atoms with E-state index >= 15 is 0 Å². The van der Waals surface area contributed by atoms with E-state index < -0.39 is 21.7 Å². The van der Waals surface area contributed by atoms with Crippen molar-refractivity contribution >= 4 is 33.1 Å². The number of ether oxygens (including phenoxy) is 1. The molecule has 1 aromatic carbocycles. The Morgan fingerprint density at radius 1 is 1.31 bits per heavy atom. The first kappa shape index (κ1) is 23.5. The number of hydrogen-bond acceptors (Lipinski definition) is 8. The minimum Gasteiger partial charge on any atom is -0.474 e. The number of sulfone groups is 1. The number of nitrogens with zero attached hydrogens (tertiary/aromatic N) is 3. The van der Waals surface area contributed by atoms with E-state index in [1.807, 2.05) is 0 Å². The molecule has 2 aromatic rings. The van der Waals surface area contributed by atoms with E-state index in [1.165, 1.54) is 23.4 Å². The summed E-state index contributed by atoms with van der Waals surface area (Å²) in [6.45, 7) is 2.72. The number of carbonyl (C=O) groups is 1. The van der Waals surface area contributed by atoms with Crippen LogP contribution in [0.15, 0.2) is 24.5 Å². The molecule has 1 aliphatic heterocycles. The number of aromatic nitrogens is 2. The van der Waals surface area contributed by atoms with Gasteiger partial charge in [0.2, 0.25) is 5.88 Å². The summed E-state index contributed by atoms with van der Waals surface area (Å²) in [7, 11) is -3.10. The predicted octanol–water partition coefficient (Wildman–Crippen LogP) is 2.65. The molecular formula is C20H26FN5O5S. The fourth-order valence-corrected chi connectivity index (χ4v) is 3.71. The van der Waals surface area contributed by atoms with Gasteiger partial charge >= 0.3 is 6.09 Å². The average Bonchev–Trinajstić information content (AvgIpc) is 2.72. The maximum Gasteiger partial charge on any atom is 0.407 e. The van der Waals surface area contributed by atoms with Crippen LogP contribution in [0.1, 0.15) is 18.4 Å². The van der Waals surface area contributed by atoms with E-state index in [-0.39, 0.29) is 24.1 Å². The summed E-state index contributed by atoms with van der Waals surface area (Å²) in [4.78, 5) is 20.7. The molecule has 0 spiro atoms. The van der Waals surface area contributed by atoms with Gasteiger partial charge < -0.3 is 25.4 Å². The number of hydrogen-bond donors (Lipinski definition) is 3. The van der Waals surface area contributed by atoms with Gasteiger partial charge in [-0.25, -0.2) is 27.6 Å². The molecule has 0 atom stereocenters. The van der Waals surface area contributed by atoms with Crippen molar-refractivity contribution in [2.45, 2.75) is 25.9 Å². The van der Waals surface area contributed by atoms with E-state index in [0.717, 1.165) is 6.26 Å². The lowest BCUT2D eigenvalue weighted by molar-refractivity contribution is 0.0866. The molecule has 1 amide bonds. The van der Waals surface area contributed by atoms with Crippen molar-refractivity contribution in [3.8, 4) is 5.88 Å². The van der Waals surface area contributed by atoms with Crippen molar-refractivity contribution in [2.24, 2.45) is 0 Å². The van der Waals surface area contributed by atoms with Gasteiger partial charge in [-0.05, 0) is 25.1 Å². The molecule has 12 heteroatoms. The maximum atomic E-state index is 14.6. The average molecular weight is 468 g/mol. The Bertz CT molecular complexity index is 1070. The SMILES string of the molecule is Cc1c(Nc2ccc(NCCS(C)(=O)=O)cc2F)ncnc1OC1CCN(C(=O)O)CC1. The number of piperidine rings is 1. The first-order valence-corrected chi connectivity index (χ1v) is 12.1. The molecule has 1 saturated heterocycles. The normalized spacial score (nSPS) is 14.8. The smallest absolute Gasteiger partial charge is 0.407 e. The zero-order valence-electron chi connectivity index (χ0n) is 17.8. The summed E-state index contributed by atoms with van der Waals surface area (Å²) >= 11 is 0. The first-order valence-electron chi connectivity index (χ1n) is 10.1. The van der Waals surface area contributed by atoms with E-state index in [9.17, 15) is 17.6 Å². The summed E-state index contributed by atoms with van der Waals surface area (Å²) in [6.07, 6.45) is 2.47. The van der Waals surface area contributed by atoms with Crippen LogP contribution in [-0.4, -0.2) is 72.2 Å². The molecule has 0 aliphatic carbocycles. The van der Waals surface area contributed by atoms with E-state index in [0.29, 0.717) is 48.9 Å². The number of amides is 1. The molecule has 0 bridgehead atoms. The molecule has 1 aromatic heterocycles. The van der Waals surface area contributed by atoms with Gasteiger partial charge in [-0.1, -0.05) is 0 Å². The third kappa shape index (κ3) is 6.42. The van der Waals surface area contributed by atoms with Crippen molar-refractivity contribution in [3.63, 3.8) is 0 Å². The third-order valence-corrected chi connectivity index (χ3v) is 6.00. The zero-order valence-corrected chi connectivity index (χ0v) is 18.7. The highest BCUT2D eigenvalue weighted by Gasteiger charge is 2.24. The minimum absolute atomic E-state index is 0.0487. The van der Waals surface area contributed by atoms with Crippen molar-refractivity contribution in [1.82, 2.24) is 14.9 Å². The van der Waals surface area contributed by atoms with Crippen molar-refractivity contribution in [2.75, 3.05) is 42.3 Å². The fourth-order valence-electron chi connectivity index (χ4n) is 3.24. The number of carboxylic acid groups (broad SMARTS) is 1. The van der Waals surface area contributed by atoms with Crippen LogP contribution in [0.3, 0.4) is 0 Å². The summed E-state index contributed by atoms with van der Waals surface area (Å²) < 4.78 is 42.9. The molecule has 3 N–H and O–H groups in total. The summed E-state index contributed by atoms with van der Waals surface area (Å²) in [5.74, 6) is 0.161. The van der Waals surface area contributed by atoms with Crippen molar-refractivity contribution in [3.05, 3.63) is 35.9 Å². The zero-order chi connectivity index (χ0) is 23.3. The third-order valence-electron chi connectivity index (χ3n) is 5.05. The summed E-state index contributed by atoms with van der Waals surface area (Å²) in [6, 6.07) is 4.44. The van der Waals surface area contributed by atoms with E-state index in [1.54, 1.807) is 13.0 Å². The molecule has 2 heterocycles. The Kier molecular flexibility index (Phi) is 7.33. The first-order chi connectivity index (χ1) is 15.1. The number of likely N-dealkylation sites (tertiary alicyclic amines) is 1. The molecule has 32 heavy (non-hydrogen) atoms. The standard InChI is InChI=1S/C20H26FN5O5S/c1-13-18(23-12-24-19(13)31-15-5-8-26(9-6-15)20(27)28)25-17-4-3-14(11-16(17)21)22-7-10-32(2,29)30/h3-4,11-12,15,22H,5-10H2,1-2H3,(H,27,28)(H,23,24,25). The monoisotopic (exact) mass is 467 g/mol. The molecule has 174 valence electrons. The van der Waals surface area contributed by atoms with Crippen LogP contribution in [0.25, 0.3) is 0 Å². The maximum absolute atomic E-state index is 14.6. The second-order valence-electron chi connectivity index (χ2n) is 7.62. The highest BCUT2D eigenvalue weighted by molar-refractivity contribution is 7.90. The van der Waals surface area contributed by atoms with Gasteiger partial charge in [-0.2, -0.15) is 0 Å². The van der Waals surface area contributed by atoms with Crippen LogP contribution < -0.4 is 15.4 Å². The molecule has 1 fully saturated rings. The number of nitrogens with one attached hydrogen (secondary N) is 2. The van der Waals surface area contributed by atoms with Gasteiger partial charge in [0.25, 0.3) is 0 Å². The van der Waals surface area contributed by atoms with Gasteiger partial charge in [0.05, 0.1) is 17.0 Å². The van der Waals surface area contributed by atoms with Gasteiger partial charge in [-0.15, -0.1) is 0 Å². The van der Waals surface area contributed by atoms with Crippen molar-refractivity contribution < 1.29 is 27.4 Å². The molecule has 0 radical (unpaired) electrons. The topological polar surface area (TPSA) is 134 Å². The fraction of sp³-hybridized carbons (Fsp3) is 0.450. The van der Waals surface area contributed by atoms with Gasteiger partial charge in [0.1, 0.15) is 33.9 Å². The molecule has 3 rings (SSSR count). The van der Waals surface area contributed by atoms with Crippen LogP contribution >= 0.6 is 0 Å². The Morgan fingerprint density at radius 3 is 2.66 bits per heavy atom. The Labute approximate surface area is 185 Å². The Hall–Kier alpha value is -3.15. The molecule has 0 saturated carbocycles. The Balaban J connectivity index is 1.63. The lowest BCUT2D eigenvalue weighted by atomic mass is 10.1. The minimum atomic E-state index is -3.10. The van der Waals surface area contributed by atoms with Crippen LogP contribution in [0.4, 0.5) is 26.4 Å². The summed E-state index contributed by atoms with van der Waals surface area (Å²) in [5, 5.41) is 14.9. The Morgan fingerprint density at radius 2 is 2.03 bits per heavy atom. The van der Waals surface area contributed by atoms with E-state index in [4.69, 9.17) is 9.84 Å². The molecule has 1 aliphatic rings. The van der Waals surface area contributed by atoms with Crippen LogP contribution in [0.2, 0.25) is 0 Å². The lowest BCUT2D eigenvalue weighted by Crippen LogP contribution is -2.41. The molecular weight excluding hydrogens is 441 g/mol. The lowest BCUT2D eigenvalue weighted by Gasteiger charge is -2.30. The summed E-state index contributed by atoms with van der Waals surface area (Å²) in [5.41, 5.74) is 1.26. The van der Waals surface area contributed by atoms with Gasteiger partial charge in [0, 0.05) is 44.4 Å². The molecule has 10 nitrogen and oxygen atoms in total. The van der Waals surface area contributed by atoms with E-state index in [2.05, 4.69) is 20.6 Å². The second kappa shape index (κ2) is 9.98. The van der Waals surface area contributed by atoms with Crippen molar-refractivity contribution in [1.29, 1.82) is 0 Å². The highest BCUT2D eigenvalue weighted by atomic mass is 32.2. The van der Waals surface area contributed by atoms with Crippen LogP contribution in [-0.2, 0) is 9.84 Å². The highest BCUT2D eigenvalue weighted by Crippen LogP contribution is 2.28. The number of benzene rings is 1. The predicted molar refractivity (Wildman–Crippen MR) is 118 cm³/mol. The second-order valence-corrected chi connectivity index (χ2v) is 9.88.